The van der Waals surface area contributed by atoms with Gasteiger partial charge in [-0.25, -0.2) is 0 Å². The molecule has 0 N–H and O–H groups in total. The zero-order valence-electron chi connectivity index (χ0n) is 11.4. The second-order valence-corrected chi connectivity index (χ2v) is 6.64. The van der Waals surface area contributed by atoms with Gasteiger partial charge >= 0.3 is 0 Å². The third-order valence-electron chi connectivity index (χ3n) is 4.65. The minimum Gasteiger partial charge on any atom is -0.0857 e. The summed E-state index contributed by atoms with van der Waals surface area (Å²) in [7, 11) is 0. The Labute approximate surface area is 133 Å². The van der Waals surface area contributed by atoms with Crippen molar-refractivity contribution in [3.63, 3.8) is 0 Å². The first-order chi connectivity index (χ1) is 9.88. The van der Waals surface area contributed by atoms with Crippen LogP contribution in [0, 0.1) is 0 Å². The molecule has 4 rings (SSSR count). The van der Waals surface area contributed by atoms with Gasteiger partial charge in [0.05, 0.1) is 0 Å². The lowest BCUT2D eigenvalue weighted by Gasteiger charge is -2.26. The summed E-state index contributed by atoms with van der Waals surface area (Å²) in [6.07, 6.45) is 3.95. The summed E-state index contributed by atoms with van der Waals surface area (Å²) in [5.74, 6) is 0.740. The van der Waals surface area contributed by atoms with Crippen molar-refractivity contribution in [3.8, 4) is 0 Å². The van der Waals surface area contributed by atoms with Crippen molar-refractivity contribution in [2.75, 3.05) is 4.43 Å². The van der Waals surface area contributed by atoms with Gasteiger partial charge in [-0.1, -0.05) is 71.1 Å². The Morgan fingerprint density at radius 2 is 1.75 bits per heavy atom. The fraction of sp³-hybridized carbons (Fsp3) is 0.263. The highest BCUT2D eigenvalue weighted by Crippen LogP contribution is 2.39. The standard InChI is InChI=1S/C19H17I/c20-12-15-6-3-5-14-9-10-17-16-7-2-1-4-13(16)8-11-18(17)19(14)15/h1-2,4,7-11,15H,3,5-6,12H2. The lowest BCUT2D eigenvalue weighted by Crippen LogP contribution is -2.11. The molecule has 1 unspecified atom stereocenters. The second kappa shape index (κ2) is 5.03. The van der Waals surface area contributed by atoms with Crippen molar-refractivity contribution in [2.45, 2.75) is 25.2 Å². The van der Waals surface area contributed by atoms with Crippen LogP contribution in [0.15, 0.2) is 48.5 Å². The first kappa shape index (κ1) is 12.6. The number of alkyl halides is 1. The van der Waals surface area contributed by atoms with Gasteiger partial charge in [0, 0.05) is 4.43 Å². The van der Waals surface area contributed by atoms with E-state index in [1.165, 1.54) is 45.2 Å². The number of hydrogen-bond donors (Lipinski definition) is 0. The molecule has 0 aliphatic heterocycles. The van der Waals surface area contributed by atoms with Gasteiger partial charge in [-0.05, 0) is 57.9 Å². The first-order valence-corrected chi connectivity index (χ1v) is 8.90. The summed E-state index contributed by atoms with van der Waals surface area (Å²) in [6.45, 7) is 0. The molecule has 20 heavy (non-hydrogen) atoms. The first-order valence-electron chi connectivity index (χ1n) is 7.37. The zero-order valence-corrected chi connectivity index (χ0v) is 13.6. The Hall–Kier alpha value is -1.09. The Balaban J connectivity index is 2.11. The Morgan fingerprint density at radius 1 is 0.900 bits per heavy atom. The van der Waals surface area contributed by atoms with Crippen LogP contribution >= 0.6 is 22.6 Å². The molecule has 0 aromatic heterocycles. The van der Waals surface area contributed by atoms with E-state index in [4.69, 9.17) is 0 Å². The van der Waals surface area contributed by atoms with Crippen molar-refractivity contribution in [2.24, 2.45) is 0 Å². The summed E-state index contributed by atoms with van der Waals surface area (Å²) in [5.41, 5.74) is 3.22. The predicted molar refractivity (Wildman–Crippen MR) is 96.0 cm³/mol. The molecule has 0 nitrogen and oxygen atoms in total. The van der Waals surface area contributed by atoms with E-state index in [1.807, 2.05) is 0 Å². The van der Waals surface area contributed by atoms with E-state index < -0.39 is 0 Å². The third kappa shape index (κ3) is 1.86. The maximum atomic E-state index is 2.55. The van der Waals surface area contributed by atoms with E-state index in [1.54, 1.807) is 11.1 Å². The summed E-state index contributed by atoms with van der Waals surface area (Å²) < 4.78 is 1.23. The number of aryl methyl sites for hydroxylation is 1. The van der Waals surface area contributed by atoms with Crippen LogP contribution in [-0.2, 0) is 6.42 Å². The van der Waals surface area contributed by atoms with Gasteiger partial charge < -0.3 is 0 Å². The van der Waals surface area contributed by atoms with Crippen LogP contribution in [0.5, 0.6) is 0 Å². The number of rotatable bonds is 1. The van der Waals surface area contributed by atoms with E-state index in [-0.39, 0.29) is 0 Å². The molecular formula is C19H17I. The summed E-state index contributed by atoms with van der Waals surface area (Å²) in [4.78, 5) is 0. The van der Waals surface area contributed by atoms with Crippen LogP contribution in [0.3, 0.4) is 0 Å². The number of hydrogen-bond acceptors (Lipinski definition) is 0. The molecule has 100 valence electrons. The van der Waals surface area contributed by atoms with E-state index in [0.717, 1.165) is 5.92 Å². The maximum absolute atomic E-state index is 2.55. The highest BCUT2D eigenvalue weighted by molar-refractivity contribution is 14.1. The Morgan fingerprint density at radius 3 is 2.65 bits per heavy atom. The van der Waals surface area contributed by atoms with Gasteiger partial charge in [0.25, 0.3) is 0 Å². The molecule has 1 aliphatic carbocycles. The largest absolute Gasteiger partial charge is 0.0857 e. The maximum Gasteiger partial charge on any atom is 0.00645 e. The summed E-state index contributed by atoms with van der Waals surface area (Å²) in [5, 5.41) is 5.66. The summed E-state index contributed by atoms with van der Waals surface area (Å²) in [6, 6.07) is 18.1. The van der Waals surface area contributed by atoms with E-state index in [0.29, 0.717) is 0 Å². The summed E-state index contributed by atoms with van der Waals surface area (Å²) >= 11 is 2.55. The molecule has 0 heterocycles. The van der Waals surface area contributed by atoms with Gasteiger partial charge in [-0.2, -0.15) is 0 Å². The normalized spacial score (nSPS) is 18.4. The SMILES string of the molecule is ICC1CCCc2ccc3c(ccc4ccccc43)c21. The van der Waals surface area contributed by atoms with Crippen LogP contribution in [0.1, 0.15) is 29.9 Å². The topological polar surface area (TPSA) is 0 Å². The van der Waals surface area contributed by atoms with Crippen LogP contribution in [0.2, 0.25) is 0 Å². The number of fused-ring (bicyclic) bond motifs is 5. The molecule has 0 saturated carbocycles. The fourth-order valence-corrected chi connectivity index (χ4v) is 4.58. The molecule has 0 fully saturated rings. The smallest absolute Gasteiger partial charge is 0.00645 e. The molecule has 0 saturated heterocycles. The predicted octanol–water partition coefficient (Wildman–Crippen LogP) is 5.85. The Kier molecular flexibility index (Phi) is 3.18. The molecule has 0 amide bonds. The number of halogens is 1. The van der Waals surface area contributed by atoms with E-state index in [9.17, 15) is 0 Å². The quantitative estimate of drug-likeness (QED) is 0.286. The van der Waals surface area contributed by atoms with Crippen LogP contribution in [-0.4, -0.2) is 4.43 Å². The fourth-order valence-electron chi connectivity index (χ4n) is 3.69. The molecule has 1 heteroatoms. The van der Waals surface area contributed by atoms with Gasteiger partial charge in [-0.15, -0.1) is 0 Å². The average molecular weight is 372 g/mol. The molecule has 1 atom stereocenters. The monoisotopic (exact) mass is 372 g/mol. The van der Waals surface area contributed by atoms with Crippen molar-refractivity contribution in [3.05, 3.63) is 59.7 Å². The molecule has 0 spiro atoms. The van der Waals surface area contributed by atoms with Crippen molar-refractivity contribution >= 4 is 44.1 Å². The molecule has 3 aromatic rings. The Bertz CT molecular complexity index is 788. The van der Waals surface area contributed by atoms with Crippen molar-refractivity contribution in [1.29, 1.82) is 0 Å². The lowest BCUT2D eigenvalue weighted by atomic mass is 9.80. The van der Waals surface area contributed by atoms with Gasteiger partial charge in [0.1, 0.15) is 0 Å². The lowest BCUT2D eigenvalue weighted by molar-refractivity contribution is 0.606. The number of benzene rings is 3. The average Bonchev–Trinajstić information content (AvgIpc) is 2.53. The van der Waals surface area contributed by atoms with Crippen LogP contribution in [0.25, 0.3) is 21.5 Å². The second-order valence-electron chi connectivity index (χ2n) is 5.76. The van der Waals surface area contributed by atoms with Gasteiger partial charge in [0.2, 0.25) is 0 Å². The molecular weight excluding hydrogens is 355 g/mol. The molecule has 1 aliphatic rings. The van der Waals surface area contributed by atoms with E-state index >= 15 is 0 Å². The van der Waals surface area contributed by atoms with E-state index in [2.05, 4.69) is 71.1 Å². The molecule has 3 aromatic carbocycles. The van der Waals surface area contributed by atoms with Crippen molar-refractivity contribution in [1.82, 2.24) is 0 Å². The zero-order chi connectivity index (χ0) is 13.5. The molecule has 0 bridgehead atoms. The minimum absolute atomic E-state index is 0.740. The third-order valence-corrected chi connectivity index (χ3v) is 5.71. The van der Waals surface area contributed by atoms with Crippen LogP contribution < -0.4 is 0 Å². The molecule has 0 radical (unpaired) electrons. The highest BCUT2D eigenvalue weighted by atomic mass is 127. The minimum atomic E-state index is 0.740. The van der Waals surface area contributed by atoms with Crippen LogP contribution in [0.4, 0.5) is 0 Å². The highest BCUT2D eigenvalue weighted by Gasteiger charge is 2.21. The van der Waals surface area contributed by atoms with Gasteiger partial charge in [-0.3, -0.25) is 0 Å². The van der Waals surface area contributed by atoms with Crippen molar-refractivity contribution < 1.29 is 0 Å². The van der Waals surface area contributed by atoms with Gasteiger partial charge in [0.15, 0.2) is 0 Å².